The van der Waals surface area contributed by atoms with Crippen LogP contribution in [0.3, 0.4) is 0 Å². The summed E-state index contributed by atoms with van der Waals surface area (Å²) < 4.78 is 49.0. The van der Waals surface area contributed by atoms with E-state index in [0.29, 0.717) is 5.16 Å². The summed E-state index contributed by atoms with van der Waals surface area (Å²) in [6.07, 6.45) is -1.80. The van der Waals surface area contributed by atoms with Crippen LogP contribution < -0.4 is 5.32 Å². The van der Waals surface area contributed by atoms with Gasteiger partial charge in [0, 0.05) is 22.5 Å². The fourth-order valence-corrected chi connectivity index (χ4v) is 3.35. The largest absolute Gasteiger partial charge is 0.426 e. The number of nitrogens with zero attached hydrogens (tertiary/aromatic N) is 2. The smallest absolute Gasteiger partial charge is 0.356 e. The molecule has 0 radical (unpaired) electrons. The molecule has 3 rings (SSSR count). The van der Waals surface area contributed by atoms with Gasteiger partial charge in [-0.25, -0.2) is 9.97 Å². The van der Waals surface area contributed by atoms with Crippen LogP contribution in [0.15, 0.2) is 29.6 Å². The highest BCUT2D eigenvalue weighted by atomic mass is 35.5. The molecule has 4 nitrogen and oxygen atoms in total. The van der Waals surface area contributed by atoms with Gasteiger partial charge in [0.1, 0.15) is 5.82 Å². The van der Waals surface area contributed by atoms with Crippen LogP contribution in [0.1, 0.15) is 25.0 Å². The van der Waals surface area contributed by atoms with Crippen LogP contribution in [0, 0.1) is 5.92 Å². The molecule has 0 amide bonds. The molecule has 1 N–H and O–H groups in total. The molecule has 0 spiro atoms. The molecule has 0 fully saturated rings. The highest BCUT2D eigenvalue weighted by Crippen LogP contribution is 2.55. The van der Waals surface area contributed by atoms with Gasteiger partial charge in [-0.1, -0.05) is 37.2 Å². The van der Waals surface area contributed by atoms with E-state index in [1.165, 1.54) is 36.2 Å². The average molecular weight is 404 g/mol. The van der Waals surface area contributed by atoms with Crippen molar-refractivity contribution >= 4 is 34.9 Å². The quantitative estimate of drug-likeness (QED) is 0.548. The van der Waals surface area contributed by atoms with Crippen molar-refractivity contribution in [3.05, 3.63) is 40.5 Å². The fraction of sp³-hybridized carbons (Fsp3) is 0.412. The van der Waals surface area contributed by atoms with Gasteiger partial charge in [0.05, 0.1) is 12.2 Å². The van der Waals surface area contributed by atoms with Gasteiger partial charge < -0.3 is 10.1 Å². The molecule has 140 valence electrons. The lowest BCUT2D eigenvalue weighted by Gasteiger charge is -2.41. The minimum Gasteiger partial charge on any atom is -0.356 e. The van der Waals surface area contributed by atoms with E-state index in [9.17, 15) is 13.2 Å². The lowest BCUT2D eigenvalue weighted by atomic mass is 9.82. The Bertz CT molecular complexity index is 831. The highest BCUT2D eigenvalue weighted by Gasteiger charge is 2.62. The molecular weight excluding hydrogens is 387 g/mol. The number of aromatic nitrogens is 2. The van der Waals surface area contributed by atoms with E-state index in [-0.39, 0.29) is 40.2 Å². The zero-order valence-corrected chi connectivity index (χ0v) is 15.9. The third-order valence-electron chi connectivity index (χ3n) is 3.97. The molecule has 1 unspecified atom stereocenters. The van der Waals surface area contributed by atoms with Crippen LogP contribution in [0.4, 0.5) is 24.7 Å². The van der Waals surface area contributed by atoms with Gasteiger partial charge in [0.2, 0.25) is 5.60 Å². The number of benzene rings is 1. The Labute approximate surface area is 158 Å². The molecule has 9 heteroatoms. The van der Waals surface area contributed by atoms with Gasteiger partial charge in [0.25, 0.3) is 0 Å². The Morgan fingerprint density at radius 1 is 1.31 bits per heavy atom. The number of anilines is 2. The number of thioether (sulfide) groups is 1. The molecule has 2 aromatic rings. The Morgan fingerprint density at radius 2 is 2.04 bits per heavy atom. The number of ether oxygens (including phenoxy) is 1. The van der Waals surface area contributed by atoms with Gasteiger partial charge in [0.15, 0.2) is 5.16 Å². The first-order valence-electron chi connectivity index (χ1n) is 7.88. The lowest BCUT2D eigenvalue weighted by Crippen LogP contribution is -2.49. The standard InChI is InChI=1S/C17H17ClF3N3OS/c1-9(2)8-25-16(17(19,20)21)11-6-10(18)4-5-13(11)23-14-12(16)7-22-15(24-14)26-3/h4-7,9H,8H2,1-3H3,(H,22,23,24). The van der Waals surface area contributed by atoms with Crippen molar-refractivity contribution in [3.8, 4) is 0 Å². The lowest BCUT2D eigenvalue weighted by molar-refractivity contribution is -0.269. The van der Waals surface area contributed by atoms with Crippen LogP contribution in [0.25, 0.3) is 0 Å². The number of hydrogen-bond acceptors (Lipinski definition) is 5. The molecule has 1 aliphatic rings. The van der Waals surface area contributed by atoms with Crippen LogP contribution in [0.2, 0.25) is 5.02 Å². The van der Waals surface area contributed by atoms with Gasteiger partial charge in [-0.3, -0.25) is 0 Å². The molecule has 1 atom stereocenters. The number of rotatable bonds is 4. The summed E-state index contributed by atoms with van der Waals surface area (Å²) in [5.41, 5.74) is -2.69. The van der Waals surface area contributed by atoms with Crippen molar-refractivity contribution in [2.24, 2.45) is 5.92 Å². The van der Waals surface area contributed by atoms with E-state index in [1.807, 2.05) is 0 Å². The van der Waals surface area contributed by atoms with E-state index in [0.717, 1.165) is 0 Å². The maximum Gasteiger partial charge on any atom is 0.426 e. The molecule has 1 aliphatic heterocycles. The van der Waals surface area contributed by atoms with Crippen molar-refractivity contribution in [1.82, 2.24) is 9.97 Å². The molecule has 2 heterocycles. The molecule has 1 aromatic heterocycles. The Hall–Kier alpha value is -1.51. The normalized spacial score (nSPS) is 19.1. The summed E-state index contributed by atoms with van der Waals surface area (Å²) >= 11 is 7.25. The van der Waals surface area contributed by atoms with E-state index in [1.54, 1.807) is 20.1 Å². The minimum absolute atomic E-state index is 0.0836. The van der Waals surface area contributed by atoms with E-state index in [4.69, 9.17) is 16.3 Å². The number of hydrogen-bond donors (Lipinski definition) is 1. The molecule has 1 aromatic carbocycles. The second kappa shape index (κ2) is 6.90. The Morgan fingerprint density at radius 3 is 2.65 bits per heavy atom. The number of fused-ring (bicyclic) bond motifs is 2. The van der Waals surface area contributed by atoms with E-state index < -0.39 is 11.8 Å². The first-order valence-corrected chi connectivity index (χ1v) is 9.48. The number of halogens is 4. The average Bonchev–Trinajstić information content (AvgIpc) is 2.57. The molecule has 0 saturated carbocycles. The maximum atomic E-state index is 14.5. The maximum absolute atomic E-state index is 14.5. The van der Waals surface area contributed by atoms with Gasteiger partial charge in [-0.15, -0.1) is 0 Å². The van der Waals surface area contributed by atoms with E-state index in [2.05, 4.69) is 15.3 Å². The van der Waals surface area contributed by atoms with Gasteiger partial charge in [-0.2, -0.15) is 13.2 Å². The summed E-state index contributed by atoms with van der Waals surface area (Å²) in [7, 11) is 0. The SMILES string of the molecule is CSc1ncc2c(n1)Nc1ccc(Cl)cc1C2(OCC(C)C)C(F)(F)F. The number of nitrogens with one attached hydrogen (secondary N) is 1. The zero-order chi connectivity index (χ0) is 19.1. The van der Waals surface area contributed by atoms with Crippen molar-refractivity contribution in [2.75, 3.05) is 18.2 Å². The summed E-state index contributed by atoms with van der Waals surface area (Å²) in [6, 6.07) is 4.31. The predicted octanol–water partition coefficient (Wildman–Crippen LogP) is 5.39. The van der Waals surface area contributed by atoms with Crippen LogP contribution >= 0.6 is 23.4 Å². The summed E-state index contributed by atoms with van der Waals surface area (Å²) in [5.74, 6) is -0.0122. The second-order valence-corrected chi connectivity index (χ2v) is 7.53. The van der Waals surface area contributed by atoms with Gasteiger partial charge in [-0.05, 0) is 30.4 Å². The summed E-state index contributed by atoms with van der Waals surface area (Å²) in [6.45, 7) is 3.49. The zero-order valence-electron chi connectivity index (χ0n) is 14.3. The van der Waals surface area contributed by atoms with Gasteiger partial charge >= 0.3 is 6.18 Å². The van der Waals surface area contributed by atoms with Crippen molar-refractivity contribution < 1.29 is 17.9 Å². The fourth-order valence-electron chi connectivity index (χ4n) is 2.84. The number of alkyl halides is 3. The topological polar surface area (TPSA) is 47.0 Å². The van der Waals surface area contributed by atoms with Crippen molar-refractivity contribution in [2.45, 2.75) is 30.8 Å². The summed E-state index contributed by atoms with van der Waals surface area (Å²) in [4.78, 5) is 8.26. The minimum atomic E-state index is -4.73. The first kappa shape index (κ1) is 19.3. The van der Waals surface area contributed by atoms with Crippen LogP contribution in [-0.4, -0.2) is 29.0 Å². The monoisotopic (exact) mass is 403 g/mol. The molecule has 0 saturated heterocycles. The Kier molecular flexibility index (Phi) is 5.11. The predicted molar refractivity (Wildman–Crippen MR) is 96.2 cm³/mol. The molecule has 26 heavy (non-hydrogen) atoms. The van der Waals surface area contributed by atoms with Crippen LogP contribution in [-0.2, 0) is 10.3 Å². The third kappa shape index (κ3) is 3.14. The first-order chi connectivity index (χ1) is 12.2. The van der Waals surface area contributed by atoms with Crippen LogP contribution in [0.5, 0.6) is 0 Å². The molecule has 0 bridgehead atoms. The van der Waals surface area contributed by atoms with Crippen molar-refractivity contribution in [1.29, 1.82) is 0 Å². The molecule has 0 aliphatic carbocycles. The highest BCUT2D eigenvalue weighted by molar-refractivity contribution is 7.98. The molecular formula is C17H17ClF3N3OS. The van der Waals surface area contributed by atoms with E-state index >= 15 is 0 Å². The van der Waals surface area contributed by atoms with Crippen molar-refractivity contribution in [3.63, 3.8) is 0 Å². The Balaban J connectivity index is 2.31. The third-order valence-corrected chi connectivity index (χ3v) is 4.77. The second-order valence-electron chi connectivity index (χ2n) is 6.32. The summed E-state index contributed by atoms with van der Waals surface area (Å²) in [5, 5.41) is 3.51.